The lowest BCUT2D eigenvalue weighted by Crippen LogP contribution is -2.07. The number of allylic oxidation sites excluding steroid dienone is 2. The van der Waals surface area contributed by atoms with E-state index in [4.69, 9.17) is 9.84 Å². The van der Waals surface area contributed by atoms with E-state index in [1.807, 2.05) is 25.1 Å². The van der Waals surface area contributed by atoms with Crippen LogP contribution in [0.4, 0.5) is 17.6 Å². The van der Waals surface area contributed by atoms with Crippen molar-refractivity contribution in [3.05, 3.63) is 74.4 Å². The highest BCUT2D eigenvalue weighted by Gasteiger charge is 2.34. The summed E-state index contributed by atoms with van der Waals surface area (Å²) in [7, 11) is 0. The first-order valence-corrected chi connectivity index (χ1v) is 12.3. The van der Waals surface area contributed by atoms with Crippen LogP contribution < -0.4 is 4.74 Å². The second-order valence-electron chi connectivity index (χ2n) is 8.07. The number of aliphatic carboxylic acids is 1. The second kappa shape index (κ2) is 10.0. The number of thioether (sulfide) groups is 1. The quantitative estimate of drug-likeness (QED) is 0.324. The van der Waals surface area contributed by atoms with Crippen molar-refractivity contribution in [2.24, 2.45) is 0 Å². The third kappa shape index (κ3) is 5.70. The zero-order valence-corrected chi connectivity index (χ0v) is 20.5. The number of alkyl halides is 3. The average molecular weight is 524 g/mol. The van der Waals surface area contributed by atoms with E-state index in [1.165, 1.54) is 17.4 Å². The highest BCUT2D eigenvalue weighted by atomic mass is 32.2. The van der Waals surface area contributed by atoms with Gasteiger partial charge in [0.1, 0.15) is 23.2 Å². The molecule has 0 atom stereocenters. The molecule has 0 fully saturated rings. The summed E-state index contributed by atoms with van der Waals surface area (Å²) in [5.74, 6) is -1.45. The summed E-state index contributed by atoms with van der Waals surface area (Å²) in [4.78, 5) is 18.2. The van der Waals surface area contributed by atoms with Crippen LogP contribution in [0.25, 0.3) is 10.6 Å². The topological polar surface area (TPSA) is 59.4 Å². The third-order valence-corrected chi connectivity index (χ3v) is 8.13. The van der Waals surface area contributed by atoms with Crippen LogP contribution in [0.3, 0.4) is 0 Å². The lowest BCUT2D eigenvalue weighted by Gasteiger charge is -2.21. The molecule has 0 bridgehead atoms. The number of rotatable bonds is 7. The van der Waals surface area contributed by atoms with E-state index < -0.39 is 23.5 Å². The van der Waals surface area contributed by atoms with Crippen LogP contribution in [0, 0.1) is 19.7 Å². The van der Waals surface area contributed by atoms with Gasteiger partial charge in [0.25, 0.3) is 0 Å². The third-order valence-electron chi connectivity index (χ3n) is 5.54. The number of thiazole rings is 1. The van der Waals surface area contributed by atoms with Crippen LogP contribution in [0.5, 0.6) is 5.75 Å². The van der Waals surface area contributed by atoms with Gasteiger partial charge in [-0.3, -0.25) is 4.79 Å². The molecular formula is C25H21F4NO3S2. The van der Waals surface area contributed by atoms with E-state index in [0.29, 0.717) is 29.3 Å². The Morgan fingerprint density at radius 3 is 2.66 bits per heavy atom. The van der Waals surface area contributed by atoms with Gasteiger partial charge in [-0.25, -0.2) is 9.37 Å². The van der Waals surface area contributed by atoms with E-state index in [1.54, 1.807) is 18.7 Å². The predicted molar refractivity (Wildman–Crippen MR) is 127 cm³/mol. The van der Waals surface area contributed by atoms with Crippen LogP contribution in [-0.4, -0.2) is 16.1 Å². The maximum absolute atomic E-state index is 14.0. The second-order valence-corrected chi connectivity index (χ2v) is 10.3. The molecule has 0 amide bonds. The molecule has 35 heavy (non-hydrogen) atoms. The Morgan fingerprint density at radius 2 is 1.97 bits per heavy atom. The summed E-state index contributed by atoms with van der Waals surface area (Å²) < 4.78 is 58.7. The molecule has 1 N–H and O–H groups in total. The summed E-state index contributed by atoms with van der Waals surface area (Å²) in [6, 6.07) is 6.65. The lowest BCUT2D eigenvalue weighted by atomic mass is 10.1. The summed E-state index contributed by atoms with van der Waals surface area (Å²) in [5.41, 5.74) is 1.75. The van der Waals surface area contributed by atoms with E-state index in [0.717, 1.165) is 37.9 Å². The smallest absolute Gasteiger partial charge is 0.419 e. The zero-order valence-electron chi connectivity index (χ0n) is 18.8. The van der Waals surface area contributed by atoms with Crippen molar-refractivity contribution in [1.82, 2.24) is 4.98 Å². The van der Waals surface area contributed by atoms with Gasteiger partial charge in [0.15, 0.2) is 0 Å². The van der Waals surface area contributed by atoms with Crippen molar-refractivity contribution >= 4 is 29.1 Å². The minimum absolute atomic E-state index is 0.0826. The summed E-state index contributed by atoms with van der Waals surface area (Å²) in [6.45, 7) is 3.98. The molecule has 0 saturated carbocycles. The normalized spacial score (nSPS) is 13.4. The molecule has 1 aliphatic rings. The Labute approximate surface area is 207 Å². The number of carboxylic acid groups (broad SMARTS) is 1. The van der Waals surface area contributed by atoms with E-state index in [-0.39, 0.29) is 18.6 Å². The van der Waals surface area contributed by atoms with Crippen molar-refractivity contribution < 1.29 is 32.2 Å². The van der Waals surface area contributed by atoms with Gasteiger partial charge in [0.2, 0.25) is 0 Å². The number of ether oxygens (including phenoxy) is 1. The fraction of sp³-hybridized carbons (Fsp3) is 0.280. The SMILES string of the molecule is Cc1ccc(OCc2sc(-c3ccc(C(F)(F)F)c(F)c3)nc2C)c2c1SC(CCC(=O)O)=CC2. The van der Waals surface area contributed by atoms with Crippen LogP contribution in [-0.2, 0) is 24.0 Å². The van der Waals surface area contributed by atoms with Crippen molar-refractivity contribution in [2.75, 3.05) is 0 Å². The highest BCUT2D eigenvalue weighted by Crippen LogP contribution is 2.43. The number of benzene rings is 2. The van der Waals surface area contributed by atoms with E-state index in [9.17, 15) is 22.4 Å². The number of aryl methyl sites for hydroxylation is 2. The molecule has 4 rings (SSSR count). The molecule has 1 aromatic heterocycles. The fourth-order valence-corrected chi connectivity index (χ4v) is 5.82. The number of carboxylic acids is 1. The van der Waals surface area contributed by atoms with Crippen LogP contribution >= 0.6 is 23.1 Å². The van der Waals surface area contributed by atoms with Crippen molar-refractivity contribution in [3.8, 4) is 16.3 Å². The number of halogens is 4. The van der Waals surface area contributed by atoms with Crippen molar-refractivity contribution in [2.45, 2.75) is 50.8 Å². The number of fused-ring (bicyclic) bond motifs is 1. The Balaban J connectivity index is 1.50. The van der Waals surface area contributed by atoms with Gasteiger partial charge in [-0.2, -0.15) is 13.2 Å². The van der Waals surface area contributed by atoms with E-state index >= 15 is 0 Å². The van der Waals surface area contributed by atoms with Crippen molar-refractivity contribution in [3.63, 3.8) is 0 Å². The molecule has 0 spiro atoms. The fourth-order valence-electron chi connectivity index (χ4n) is 3.68. The minimum atomic E-state index is -4.75. The van der Waals surface area contributed by atoms with Gasteiger partial charge in [-0.05, 0) is 55.4 Å². The van der Waals surface area contributed by atoms with Crippen LogP contribution in [0.2, 0.25) is 0 Å². The zero-order chi connectivity index (χ0) is 25.3. The standard InChI is InChI=1S/C25H21F4NO3S2/c1-13-3-9-20(17-7-5-16(34-23(13)17)6-10-22(31)32)33-12-21-14(2)30-24(35-21)15-4-8-18(19(26)11-15)25(27,28)29/h3-5,8-9,11H,6-7,10,12H2,1-2H3,(H,31,32). The molecule has 184 valence electrons. The number of aromatic nitrogens is 1. The minimum Gasteiger partial charge on any atom is -0.488 e. The Bertz CT molecular complexity index is 1310. The summed E-state index contributed by atoms with van der Waals surface area (Å²) in [5, 5.41) is 9.36. The first-order chi connectivity index (χ1) is 16.5. The number of hydrogen-bond donors (Lipinski definition) is 1. The number of nitrogens with zero attached hydrogens (tertiary/aromatic N) is 1. The summed E-state index contributed by atoms with van der Waals surface area (Å²) >= 11 is 2.81. The molecular weight excluding hydrogens is 502 g/mol. The molecule has 4 nitrogen and oxygen atoms in total. The van der Waals surface area contributed by atoms with Gasteiger partial charge in [-0.1, -0.05) is 30.0 Å². The van der Waals surface area contributed by atoms with Crippen LogP contribution in [0.1, 0.15) is 40.1 Å². The molecule has 1 aliphatic heterocycles. The molecule has 0 radical (unpaired) electrons. The van der Waals surface area contributed by atoms with Gasteiger partial charge in [0.05, 0.1) is 16.1 Å². The first-order valence-electron chi connectivity index (χ1n) is 10.7. The molecule has 2 aromatic carbocycles. The van der Waals surface area contributed by atoms with Gasteiger partial charge >= 0.3 is 12.1 Å². The predicted octanol–water partition coefficient (Wildman–Crippen LogP) is 7.56. The Kier molecular flexibility index (Phi) is 7.23. The van der Waals surface area contributed by atoms with Gasteiger partial charge in [-0.15, -0.1) is 11.3 Å². The van der Waals surface area contributed by atoms with Crippen LogP contribution in [0.15, 0.2) is 46.2 Å². The van der Waals surface area contributed by atoms with Gasteiger partial charge in [0, 0.05) is 22.4 Å². The largest absolute Gasteiger partial charge is 0.488 e. The van der Waals surface area contributed by atoms with Crippen molar-refractivity contribution in [1.29, 1.82) is 0 Å². The monoisotopic (exact) mass is 523 g/mol. The number of hydrogen-bond acceptors (Lipinski definition) is 5. The van der Waals surface area contributed by atoms with E-state index in [2.05, 4.69) is 4.98 Å². The average Bonchev–Trinajstić information content (AvgIpc) is 3.17. The Hall–Kier alpha value is -2.85. The first kappa shape index (κ1) is 25.2. The molecule has 3 aromatic rings. The molecule has 10 heteroatoms. The molecule has 0 unspecified atom stereocenters. The highest BCUT2D eigenvalue weighted by molar-refractivity contribution is 8.03. The summed E-state index contributed by atoms with van der Waals surface area (Å²) in [6.07, 6.45) is -1.53. The maximum Gasteiger partial charge on any atom is 0.419 e. The van der Waals surface area contributed by atoms with Gasteiger partial charge < -0.3 is 9.84 Å². The molecule has 0 aliphatic carbocycles. The number of carbonyl (C=O) groups is 1. The molecule has 0 saturated heterocycles. The lowest BCUT2D eigenvalue weighted by molar-refractivity contribution is -0.140. The Morgan fingerprint density at radius 1 is 1.20 bits per heavy atom. The maximum atomic E-state index is 14.0. The molecule has 2 heterocycles.